The van der Waals surface area contributed by atoms with Gasteiger partial charge in [0.15, 0.2) is 5.69 Å². The number of carboxylic acid groups (broad SMARTS) is 1. The smallest absolute Gasteiger partial charge is 0.355 e. The molecule has 3 nitrogen and oxygen atoms in total. The molecule has 0 amide bonds. The molecule has 0 radical (unpaired) electrons. The summed E-state index contributed by atoms with van der Waals surface area (Å²) in [5.41, 5.74) is 3.46. The van der Waals surface area contributed by atoms with Gasteiger partial charge in [0.25, 0.3) is 0 Å². The van der Waals surface area contributed by atoms with Gasteiger partial charge < -0.3 is 5.11 Å². The molecule has 0 unspecified atom stereocenters. The van der Waals surface area contributed by atoms with Crippen molar-refractivity contribution in [1.29, 1.82) is 0 Å². The highest BCUT2D eigenvalue weighted by atomic mass is 16.4. The molecule has 0 bridgehead atoms. The fraction of sp³-hybridized carbons (Fsp3) is 0. The Morgan fingerprint density at radius 1 is 0.810 bits per heavy atom. The van der Waals surface area contributed by atoms with Crippen molar-refractivity contribution in [1.82, 2.24) is 4.98 Å². The van der Waals surface area contributed by atoms with Crippen LogP contribution in [0.15, 0.2) is 72.9 Å². The number of benzene rings is 2. The summed E-state index contributed by atoms with van der Waals surface area (Å²) >= 11 is 0. The fourth-order valence-corrected chi connectivity index (χ4v) is 2.26. The third-order valence-corrected chi connectivity index (χ3v) is 3.28. The monoisotopic (exact) mass is 275 g/mol. The molecule has 3 aromatic rings. The van der Waals surface area contributed by atoms with E-state index in [0.29, 0.717) is 5.56 Å². The Kier molecular flexibility index (Phi) is 3.48. The van der Waals surface area contributed by atoms with Crippen LogP contribution < -0.4 is 0 Å². The minimum atomic E-state index is -1.02. The van der Waals surface area contributed by atoms with Crippen molar-refractivity contribution in [3.8, 4) is 22.3 Å². The number of carbonyl (C=O) groups is 1. The highest BCUT2D eigenvalue weighted by Gasteiger charge is 2.14. The predicted octanol–water partition coefficient (Wildman–Crippen LogP) is 4.11. The molecule has 1 N–H and O–H groups in total. The van der Waals surface area contributed by atoms with Crippen LogP contribution in [0.25, 0.3) is 22.3 Å². The van der Waals surface area contributed by atoms with Gasteiger partial charge in [0.05, 0.1) is 0 Å². The van der Waals surface area contributed by atoms with Crippen LogP contribution in [0.1, 0.15) is 10.5 Å². The van der Waals surface area contributed by atoms with Gasteiger partial charge >= 0.3 is 5.97 Å². The van der Waals surface area contributed by atoms with Crippen molar-refractivity contribution in [2.75, 3.05) is 0 Å². The molecule has 3 heteroatoms. The maximum absolute atomic E-state index is 11.4. The maximum Gasteiger partial charge on any atom is 0.355 e. The lowest BCUT2D eigenvalue weighted by Crippen LogP contribution is -2.03. The first-order valence-electron chi connectivity index (χ1n) is 6.60. The van der Waals surface area contributed by atoms with E-state index in [-0.39, 0.29) is 5.69 Å². The summed E-state index contributed by atoms with van der Waals surface area (Å²) in [5, 5.41) is 9.33. The van der Waals surface area contributed by atoms with Crippen molar-refractivity contribution < 1.29 is 9.90 Å². The number of hydrogen-bond donors (Lipinski definition) is 1. The summed E-state index contributed by atoms with van der Waals surface area (Å²) in [5.74, 6) is -1.02. The number of aromatic carboxylic acids is 1. The van der Waals surface area contributed by atoms with Gasteiger partial charge in [-0.15, -0.1) is 0 Å². The van der Waals surface area contributed by atoms with Crippen LogP contribution in [-0.2, 0) is 0 Å². The van der Waals surface area contributed by atoms with Crippen LogP contribution in [0.5, 0.6) is 0 Å². The van der Waals surface area contributed by atoms with E-state index in [2.05, 4.69) is 4.98 Å². The summed E-state index contributed by atoms with van der Waals surface area (Å²) in [6.07, 6.45) is 1.60. The molecule has 0 saturated heterocycles. The molecule has 0 spiro atoms. The fourth-order valence-electron chi connectivity index (χ4n) is 2.26. The van der Waals surface area contributed by atoms with Gasteiger partial charge in [0.2, 0.25) is 0 Å². The first-order valence-corrected chi connectivity index (χ1v) is 6.60. The maximum atomic E-state index is 11.4. The molecule has 2 aromatic carbocycles. The molecule has 1 heterocycles. The number of aromatic nitrogens is 1. The molecule has 0 fully saturated rings. The molecule has 1 aromatic heterocycles. The van der Waals surface area contributed by atoms with Crippen molar-refractivity contribution in [2.45, 2.75) is 0 Å². The van der Waals surface area contributed by atoms with Crippen molar-refractivity contribution in [2.24, 2.45) is 0 Å². The molecule has 0 aliphatic carbocycles. The zero-order valence-corrected chi connectivity index (χ0v) is 11.2. The lowest BCUT2D eigenvalue weighted by Gasteiger charge is -2.09. The lowest BCUT2D eigenvalue weighted by molar-refractivity contribution is 0.0691. The Balaban J connectivity index is 2.18. The third kappa shape index (κ3) is 2.67. The van der Waals surface area contributed by atoms with E-state index < -0.39 is 5.97 Å². The van der Waals surface area contributed by atoms with Crippen molar-refractivity contribution >= 4 is 5.97 Å². The minimum Gasteiger partial charge on any atom is -0.476 e. The van der Waals surface area contributed by atoms with Gasteiger partial charge in [-0.3, -0.25) is 0 Å². The highest BCUT2D eigenvalue weighted by molar-refractivity contribution is 5.95. The van der Waals surface area contributed by atoms with E-state index >= 15 is 0 Å². The number of rotatable bonds is 3. The normalized spacial score (nSPS) is 10.3. The van der Waals surface area contributed by atoms with E-state index in [1.807, 2.05) is 66.7 Å². The molecular formula is C18H13NO2. The van der Waals surface area contributed by atoms with E-state index in [4.69, 9.17) is 0 Å². The Morgan fingerprint density at radius 3 is 1.95 bits per heavy atom. The van der Waals surface area contributed by atoms with E-state index in [1.54, 1.807) is 6.20 Å². The summed E-state index contributed by atoms with van der Waals surface area (Å²) in [6.45, 7) is 0. The van der Waals surface area contributed by atoms with Crippen molar-refractivity contribution in [3.05, 3.63) is 78.6 Å². The van der Waals surface area contributed by atoms with Crippen LogP contribution in [0.2, 0.25) is 0 Å². The predicted molar refractivity (Wildman–Crippen MR) is 82.1 cm³/mol. The topological polar surface area (TPSA) is 50.2 Å². The van der Waals surface area contributed by atoms with E-state index in [1.165, 1.54) is 0 Å². The van der Waals surface area contributed by atoms with Gasteiger partial charge in [-0.25, -0.2) is 9.78 Å². The number of pyridine rings is 1. The van der Waals surface area contributed by atoms with Crippen molar-refractivity contribution in [3.63, 3.8) is 0 Å². The van der Waals surface area contributed by atoms with E-state index in [0.717, 1.165) is 16.7 Å². The quantitative estimate of drug-likeness (QED) is 0.782. The average Bonchev–Trinajstić information content (AvgIpc) is 2.56. The van der Waals surface area contributed by atoms with Gasteiger partial charge in [-0.2, -0.15) is 0 Å². The minimum absolute atomic E-state index is 0.0703. The second-order valence-electron chi connectivity index (χ2n) is 4.66. The van der Waals surface area contributed by atoms with Crippen LogP contribution in [-0.4, -0.2) is 16.1 Å². The van der Waals surface area contributed by atoms with Gasteiger partial charge in [-0.05, 0) is 17.2 Å². The van der Waals surface area contributed by atoms with E-state index in [9.17, 15) is 9.90 Å². The Hall–Kier alpha value is -2.94. The first kappa shape index (κ1) is 13.1. The molecule has 102 valence electrons. The molecule has 0 aliphatic rings. The van der Waals surface area contributed by atoms with Crippen LogP contribution >= 0.6 is 0 Å². The Labute approximate surface area is 122 Å². The van der Waals surface area contributed by atoms with Gasteiger partial charge in [-0.1, -0.05) is 60.7 Å². The van der Waals surface area contributed by atoms with Gasteiger partial charge in [0, 0.05) is 17.3 Å². The summed E-state index contributed by atoms with van der Waals surface area (Å²) in [6, 6.07) is 21.1. The first-order chi connectivity index (χ1) is 10.3. The molecule has 0 saturated carbocycles. The summed E-state index contributed by atoms with van der Waals surface area (Å²) < 4.78 is 0. The summed E-state index contributed by atoms with van der Waals surface area (Å²) in [4.78, 5) is 15.5. The van der Waals surface area contributed by atoms with Gasteiger partial charge in [0.1, 0.15) is 0 Å². The molecule has 0 aliphatic heterocycles. The molecule has 21 heavy (non-hydrogen) atoms. The van der Waals surface area contributed by atoms with Crippen LogP contribution in [0, 0.1) is 0 Å². The molecular weight excluding hydrogens is 262 g/mol. The zero-order chi connectivity index (χ0) is 14.7. The second kappa shape index (κ2) is 5.59. The number of hydrogen-bond acceptors (Lipinski definition) is 2. The number of nitrogens with zero attached hydrogens (tertiary/aromatic N) is 1. The summed E-state index contributed by atoms with van der Waals surface area (Å²) in [7, 11) is 0. The Morgan fingerprint density at radius 2 is 1.38 bits per heavy atom. The highest BCUT2D eigenvalue weighted by Crippen LogP contribution is 2.28. The second-order valence-corrected chi connectivity index (χ2v) is 4.66. The SMILES string of the molecule is O=C(O)c1ncc(-c2ccccc2)cc1-c1ccccc1. The zero-order valence-electron chi connectivity index (χ0n) is 11.2. The lowest BCUT2D eigenvalue weighted by atomic mass is 9.99. The average molecular weight is 275 g/mol. The standard InChI is InChI=1S/C18H13NO2/c20-18(21)17-16(14-9-5-2-6-10-14)11-15(12-19-17)13-7-3-1-4-8-13/h1-12H,(H,20,21). The van der Waals surface area contributed by atoms with Crippen LogP contribution in [0.3, 0.4) is 0 Å². The molecule has 0 atom stereocenters. The van der Waals surface area contributed by atoms with Crippen LogP contribution in [0.4, 0.5) is 0 Å². The number of carboxylic acids is 1. The largest absolute Gasteiger partial charge is 0.476 e. The Bertz CT molecular complexity index is 768. The third-order valence-electron chi connectivity index (χ3n) is 3.28. The molecule has 3 rings (SSSR count).